The average Bonchev–Trinajstić information content (AvgIpc) is 2.73. The van der Waals surface area contributed by atoms with Gasteiger partial charge in [-0.2, -0.15) is 11.8 Å². The van der Waals surface area contributed by atoms with Crippen molar-refractivity contribution in [2.75, 3.05) is 12.8 Å². The molecule has 1 aliphatic carbocycles. The van der Waals surface area contributed by atoms with Gasteiger partial charge in [-0.15, -0.1) is 0 Å². The molecule has 1 N–H and O–H groups in total. The number of hydrogen-bond acceptors (Lipinski definition) is 4. The second kappa shape index (κ2) is 4.68. The van der Waals surface area contributed by atoms with Gasteiger partial charge in [0, 0.05) is 11.3 Å². The third-order valence-electron chi connectivity index (χ3n) is 3.50. The molecule has 4 amide bonds. The second-order valence-electron chi connectivity index (χ2n) is 4.60. The van der Waals surface area contributed by atoms with Crippen molar-refractivity contribution in [2.24, 2.45) is 0 Å². The Hall–Kier alpha value is -1.04. The largest absolute Gasteiger partial charge is 0.330 e. The van der Waals surface area contributed by atoms with Crippen LogP contribution in [0, 0.1) is 0 Å². The first-order valence-electron chi connectivity index (χ1n) is 5.76. The van der Waals surface area contributed by atoms with Crippen LogP contribution in [0.5, 0.6) is 0 Å². The van der Waals surface area contributed by atoms with Crippen molar-refractivity contribution in [1.29, 1.82) is 0 Å². The maximum Gasteiger partial charge on any atom is 0.330 e. The number of imide groups is 2. The number of barbiturate groups is 1. The van der Waals surface area contributed by atoms with Crippen LogP contribution in [-0.4, -0.2) is 40.3 Å². The lowest BCUT2D eigenvalue weighted by molar-refractivity contribution is -0.136. The Morgan fingerprint density at radius 2 is 1.94 bits per heavy atom. The lowest BCUT2D eigenvalue weighted by atomic mass is 10.1. The molecule has 0 aromatic heterocycles. The molecule has 1 saturated carbocycles. The fourth-order valence-corrected chi connectivity index (χ4v) is 3.43. The number of amides is 4. The summed E-state index contributed by atoms with van der Waals surface area (Å²) in [5.74, 6) is -0.875. The highest BCUT2D eigenvalue weighted by atomic mass is 32.2. The van der Waals surface area contributed by atoms with Crippen molar-refractivity contribution in [3.63, 3.8) is 0 Å². The van der Waals surface area contributed by atoms with Crippen LogP contribution in [0.2, 0.25) is 0 Å². The van der Waals surface area contributed by atoms with Gasteiger partial charge in [0.05, 0.1) is 0 Å². The minimum absolute atomic E-state index is 0.00656. The maximum atomic E-state index is 11.7. The molecule has 2 fully saturated rings. The fraction of sp³-hybridized carbons (Fsp3) is 0.727. The van der Waals surface area contributed by atoms with Gasteiger partial charge in [-0.25, -0.2) is 4.79 Å². The molecule has 5 nitrogen and oxygen atoms in total. The van der Waals surface area contributed by atoms with E-state index in [1.807, 2.05) is 6.26 Å². The lowest BCUT2D eigenvalue weighted by Gasteiger charge is -2.34. The maximum absolute atomic E-state index is 11.7. The molecule has 1 heterocycles. The van der Waals surface area contributed by atoms with Gasteiger partial charge in [-0.1, -0.05) is 12.8 Å². The van der Waals surface area contributed by atoms with Gasteiger partial charge in [0.2, 0.25) is 11.8 Å². The minimum atomic E-state index is -0.563. The number of nitrogens with zero attached hydrogens (tertiary/aromatic N) is 1. The molecule has 94 valence electrons. The van der Waals surface area contributed by atoms with Crippen molar-refractivity contribution >= 4 is 29.6 Å². The molecule has 2 aliphatic rings. The highest BCUT2D eigenvalue weighted by molar-refractivity contribution is 8.00. The van der Waals surface area contributed by atoms with E-state index in [2.05, 4.69) is 5.32 Å². The Labute approximate surface area is 104 Å². The Bertz CT molecular complexity index is 344. The lowest BCUT2D eigenvalue weighted by Crippen LogP contribution is -2.56. The normalized spacial score (nSPS) is 24.1. The molecule has 17 heavy (non-hydrogen) atoms. The molecule has 1 saturated heterocycles. The van der Waals surface area contributed by atoms with Gasteiger partial charge in [-0.3, -0.25) is 19.8 Å². The molecule has 0 atom stereocenters. The Balaban J connectivity index is 2.09. The SMILES string of the molecule is CSC1(CN2C(=O)CC(=O)NC2=O)CCCC1. The zero-order chi connectivity index (χ0) is 12.5. The molecule has 0 unspecified atom stereocenters. The molecule has 1 aliphatic heterocycles. The van der Waals surface area contributed by atoms with Gasteiger partial charge in [0.25, 0.3) is 0 Å². The molecular weight excluding hydrogens is 240 g/mol. The van der Waals surface area contributed by atoms with Crippen LogP contribution < -0.4 is 5.32 Å². The predicted octanol–water partition coefficient (Wildman–Crippen LogP) is 1.13. The topological polar surface area (TPSA) is 66.5 Å². The first kappa shape index (κ1) is 12.4. The standard InChI is InChI=1S/C11H16N2O3S/c1-17-11(4-2-3-5-11)7-13-9(15)6-8(14)12-10(13)16/h2-7H2,1H3,(H,12,14,16). The van der Waals surface area contributed by atoms with Crippen LogP contribution in [0.4, 0.5) is 4.79 Å². The van der Waals surface area contributed by atoms with Crippen molar-refractivity contribution < 1.29 is 14.4 Å². The predicted molar refractivity (Wildman–Crippen MR) is 64.6 cm³/mol. The fourth-order valence-electron chi connectivity index (χ4n) is 2.47. The number of urea groups is 1. The van der Waals surface area contributed by atoms with Crippen LogP contribution >= 0.6 is 11.8 Å². The molecule has 2 rings (SSSR count). The van der Waals surface area contributed by atoms with Crippen LogP contribution in [0.15, 0.2) is 0 Å². The van der Waals surface area contributed by atoms with E-state index in [4.69, 9.17) is 0 Å². The third kappa shape index (κ3) is 2.46. The number of carbonyl (C=O) groups is 3. The Kier molecular flexibility index (Phi) is 3.42. The summed E-state index contributed by atoms with van der Waals surface area (Å²) in [4.78, 5) is 35.5. The molecular formula is C11H16N2O3S. The van der Waals surface area contributed by atoms with Crippen molar-refractivity contribution in [2.45, 2.75) is 36.9 Å². The van der Waals surface area contributed by atoms with Crippen LogP contribution in [0.25, 0.3) is 0 Å². The molecule has 0 spiro atoms. The number of carbonyl (C=O) groups excluding carboxylic acids is 3. The van der Waals surface area contributed by atoms with E-state index in [1.165, 1.54) is 4.90 Å². The quantitative estimate of drug-likeness (QED) is 0.769. The molecule has 0 bridgehead atoms. The van der Waals surface area contributed by atoms with E-state index in [0.717, 1.165) is 25.7 Å². The smallest absolute Gasteiger partial charge is 0.277 e. The van der Waals surface area contributed by atoms with Crippen LogP contribution in [0.3, 0.4) is 0 Å². The summed E-state index contributed by atoms with van der Waals surface area (Å²) in [6.07, 6.45) is 6.14. The van der Waals surface area contributed by atoms with Gasteiger partial charge >= 0.3 is 6.03 Å². The monoisotopic (exact) mass is 256 g/mol. The number of thioether (sulfide) groups is 1. The molecule has 0 aromatic rings. The summed E-state index contributed by atoms with van der Waals surface area (Å²) < 4.78 is -0.00656. The first-order valence-corrected chi connectivity index (χ1v) is 6.98. The number of rotatable bonds is 3. The minimum Gasteiger partial charge on any atom is -0.277 e. The van der Waals surface area contributed by atoms with E-state index in [1.54, 1.807) is 11.8 Å². The highest BCUT2D eigenvalue weighted by Gasteiger charge is 2.40. The molecule has 0 radical (unpaired) electrons. The van der Waals surface area contributed by atoms with E-state index in [9.17, 15) is 14.4 Å². The zero-order valence-corrected chi connectivity index (χ0v) is 10.6. The summed E-state index contributed by atoms with van der Waals surface area (Å²) >= 11 is 1.72. The summed E-state index contributed by atoms with van der Waals surface area (Å²) in [7, 11) is 0. The Morgan fingerprint density at radius 1 is 1.29 bits per heavy atom. The zero-order valence-electron chi connectivity index (χ0n) is 9.82. The molecule has 6 heteroatoms. The summed E-state index contributed by atoms with van der Waals surface area (Å²) in [6.45, 7) is 0.423. The van der Waals surface area contributed by atoms with Gasteiger partial charge in [-0.05, 0) is 19.1 Å². The van der Waals surface area contributed by atoms with E-state index < -0.39 is 11.9 Å². The number of nitrogens with one attached hydrogen (secondary N) is 1. The van der Waals surface area contributed by atoms with E-state index in [-0.39, 0.29) is 17.1 Å². The second-order valence-corrected chi connectivity index (χ2v) is 5.88. The summed E-state index contributed by atoms with van der Waals surface area (Å²) in [5.41, 5.74) is 0. The van der Waals surface area contributed by atoms with Gasteiger partial charge in [0.15, 0.2) is 0 Å². The number of hydrogen-bond donors (Lipinski definition) is 1. The average molecular weight is 256 g/mol. The summed E-state index contributed by atoms with van der Waals surface area (Å²) in [6, 6.07) is -0.563. The van der Waals surface area contributed by atoms with Crippen molar-refractivity contribution in [3.8, 4) is 0 Å². The van der Waals surface area contributed by atoms with Gasteiger partial charge in [0.1, 0.15) is 6.42 Å². The summed E-state index contributed by atoms with van der Waals surface area (Å²) in [5, 5.41) is 2.19. The molecule has 0 aromatic carbocycles. The van der Waals surface area contributed by atoms with E-state index >= 15 is 0 Å². The van der Waals surface area contributed by atoms with Crippen molar-refractivity contribution in [3.05, 3.63) is 0 Å². The van der Waals surface area contributed by atoms with Gasteiger partial charge < -0.3 is 0 Å². The van der Waals surface area contributed by atoms with E-state index in [0.29, 0.717) is 6.54 Å². The van der Waals surface area contributed by atoms with Crippen molar-refractivity contribution in [1.82, 2.24) is 10.2 Å². The first-order chi connectivity index (χ1) is 8.06. The highest BCUT2D eigenvalue weighted by Crippen LogP contribution is 2.41. The Morgan fingerprint density at radius 3 is 2.47 bits per heavy atom. The van der Waals surface area contributed by atoms with Crippen LogP contribution in [-0.2, 0) is 9.59 Å². The van der Waals surface area contributed by atoms with Crippen LogP contribution in [0.1, 0.15) is 32.1 Å². The third-order valence-corrected chi connectivity index (χ3v) is 4.90.